The van der Waals surface area contributed by atoms with E-state index in [1.165, 1.54) is 13.1 Å². The predicted octanol–water partition coefficient (Wildman–Crippen LogP) is 2.79. The van der Waals surface area contributed by atoms with E-state index in [9.17, 15) is 14.4 Å². The zero-order chi connectivity index (χ0) is 18.3. The van der Waals surface area contributed by atoms with E-state index in [4.69, 9.17) is 0 Å². The standard InChI is InChI=1S/C18H16IN3O3/c1-10-8-12(9-15-16(23)20-18(25)21(3)17(15)24)11(2)22(10)14-6-4-13(19)5-7-14/h4-9H,1-3H3,(H,20,23,25)/b15-9+. The van der Waals surface area contributed by atoms with E-state index >= 15 is 0 Å². The van der Waals surface area contributed by atoms with Gasteiger partial charge in [0, 0.05) is 27.7 Å². The summed E-state index contributed by atoms with van der Waals surface area (Å²) in [5.74, 6) is -1.28. The summed E-state index contributed by atoms with van der Waals surface area (Å²) in [6.45, 7) is 3.89. The van der Waals surface area contributed by atoms with Crippen LogP contribution in [0.15, 0.2) is 35.9 Å². The van der Waals surface area contributed by atoms with Gasteiger partial charge in [-0.05, 0) is 78.4 Å². The number of halogens is 1. The SMILES string of the molecule is Cc1cc(/C=C2\C(=O)NC(=O)N(C)C2=O)c(C)n1-c1ccc(I)cc1. The number of hydrogen-bond acceptors (Lipinski definition) is 3. The van der Waals surface area contributed by atoms with Crippen molar-refractivity contribution >= 4 is 46.5 Å². The molecule has 25 heavy (non-hydrogen) atoms. The number of likely N-dealkylation sites (N-methyl/N-ethyl adjacent to an activating group) is 1. The first kappa shape index (κ1) is 17.4. The Morgan fingerprint density at radius 2 is 1.72 bits per heavy atom. The van der Waals surface area contributed by atoms with Gasteiger partial charge < -0.3 is 4.57 Å². The smallest absolute Gasteiger partial charge is 0.318 e. The van der Waals surface area contributed by atoms with Gasteiger partial charge in [-0.2, -0.15) is 0 Å². The number of nitrogens with zero attached hydrogens (tertiary/aromatic N) is 2. The number of urea groups is 1. The molecule has 1 aromatic carbocycles. The van der Waals surface area contributed by atoms with Gasteiger partial charge in [0.05, 0.1) is 0 Å². The number of imide groups is 2. The minimum Gasteiger partial charge on any atom is -0.318 e. The quantitative estimate of drug-likeness (QED) is 0.436. The number of hydrogen-bond donors (Lipinski definition) is 1. The lowest BCUT2D eigenvalue weighted by atomic mass is 10.1. The fourth-order valence-electron chi connectivity index (χ4n) is 2.82. The van der Waals surface area contributed by atoms with E-state index in [1.807, 2.05) is 44.2 Å². The maximum atomic E-state index is 12.2. The summed E-state index contributed by atoms with van der Waals surface area (Å²) in [7, 11) is 1.34. The zero-order valence-corrected chi connectivity index (χ0v) is 16.1. The van der Waals surface area contributed by atoms with E-state index in [-0.39, 0.29) is 5.57 Å². The van der Waals surface area contributed by atoms with Gasteiger partial charge in [-0.15, -0.1) is 0 Å². The molecule has 0 spiro atoms. The third-order valence-electron chi connectivity index (χ3n) is 4.16. The lowest BCUT2D eigenvalue weighted by molar-refractivity contribution is -0.129. The van der Waals surface area contributed by atoms with Gasteiger partial charge >= 0.3 is 6.03 Å². The third-order valence-corrected chi connectivity index (χ3v) is 4.88. The van der Waals surface area contributed by atoms with Crippen LogP contribution in [-0.2, 0) is 9.59 Å². The molecule has 0 atom stereocenters. The Morgan fingerprint density at radius 3 is 2.36 bits per heavy atom. The largest absolute Gasteiger partial charge is 0.331 e. The number of rotatable bonds is 2. The Balaban J connectivity index is 2.06. The number of carbonyl (C=O) groups excluding carboxylic acids is 3. The number of aryl methyl sites for hydroxylation is 1. The summed E-state index contributed by atoms with van der Waals surface area (Å²) in [5.41, 5.74) is 3.61. The molecule has 0 radical (unpaired) electrons. The summed E-state index contributed by atoms with van der Waals surface area (Å²) >= 11 is 2.25. The van der Waals surface area contributed by atoms with Crippen LogP contribution in [0.1, 0.15) is 17.0 Å². The highest BCUT2D eigenvalue weighted by Crippen LogP contribution is 2.24. The predicted molar refractivity (Wildman–Crippen MR) is 102 cm³/mol. The van der Waals surface area contributed by atoms with Crippen LogP contribution in [0.3, 0.4) is 0 Å². The van der Waals surface area contributed by atoms with E-state index in [1.54, 1.807) is 0 Å². The maximum Gasteiger partial charge on any atom is 0.331 e. The second kappa shape index (κ2) is 6.47. The Bertz CT molecular complexity index is 926. The maximum absolute atomic E-state index is 12.2. The van der Waals surface area contributed by atoms with E-state index < -0.39 is 17.8 Å². The van der Waals surface area contributed by atoms with Gasteiger partial charge in [0.25, 0.3) is 11.8 Å². The first-order valence-corrected chi connectivity index (χ1v) is 8.67. The van der Waals surface area contributed by atoms with Gasteiger partial charge in [0.15, 0.2) is 0 Å². The van der Waals surface area contributed by atoms with Crippen molar-refractivity contribution in [3.8, 4) is 5.69 Å². The van der Waals surface area contributed by atoms with Crippen molar-refractivity contribution in [3.05, 3.63) is 56.4 Å². The Morgan fingerprint density at radius 1 is 1.08 bits per heavy atom. The number of nitrogens with one attached hydrogen (secondary N) is 1. The number of amides is 4. The molecule has 2 heterocycles. The summed E-state index contributed by atoms with van der Waals surface area (Å²) < 4.78 is 3.20. The lowest BCUT2D eigenvalue weighted by Crippen LogP contribution is -2.52. The van der Waals surface area contributed by atoms with Crippen LogP contribution in [0.4, 0.5) is 4.79 Å². The minimum absolute atomic E-state index is 0.0510. The molecular weight excluding hydrogens is 433 g/mol. The van der Waals surface area contributed by atoms with Gasteiger partial charge in [0.2, 0.25) is 0 Å². The number of benzene rings is 1. The molecule has 6 nitrogen and oxygen atoms in total. The zero-order valence-electron chi connectivity index (χ0n) is 14.0. The number of carbonyl (C=O) groups is 3. The van der Waals surface area contributed by atoms with E-state index in [0.29, 0.717) is 0 Å². The summed E-state index contributed by atoms with van der Waals surface area (Å²) in [5, 5.41) is 2.16. The summed E-state index contributed by atoms with van der Waals surface area (Å²) in [6, 6.07) is 9.28. The van der Waals surface area contributed by atoms with Crippen LogP contribution >= 0.6 is 22.6 Å². The van der Waals surface area contributed by atoms with Crippen LogP contribution in [0.25, 0.3) is 11.8 Å². The fraction of sp³-hybridized carbons (Fsp3) is 0.167. The van der Waals surface area contributed by atoms with E-state index in [2.05, 4.69) is 32.5 Å². The van der Waals surface area contributed by atoms with Crippen molar-refractivity contribution in [1.82, 2.24) is 14.8 Å². The van der Waals surface area contributed by atoms with Crippen LogP contribution in [0, 0.1) is 17.4 Å². The highest BCUT2D eigenvalue weighted by Gasteiger charge is 2.33. The van der Waals surface area contributed by atoms with Crippen molar-refractivity contribution in [3.63, 3.8) is 0 Å². The molecule has 0 aliphatic carbocycles. The average molecular weight is 449 g/mol. The molecule has 1 aliphatic rings. The molecule has 0 unspecified atom stereocenters. The Kier molecular flexibility index (Phi) is 4.51. The first-order valence-electron chi connectivity index (χ1n) is 7.59. The molecule has 1 aliphatic heterocycles. The highest BCUT2D eigenvalue weighted by molar-refractivity contribution is 14.1. The van der Waals surface area contributed by atoms with Gasteiger partial charge in [-0.25, -0.2) is 4.79 Å². The summed E-state index contributed by atoms with van der Waals surface area (Å²) in [6.07, 6.45) is 1.53. The average Bonchev–Trinajstić information content (AvgIpc) is 2.84. The Labute approximate surface area is 158 Å². The molecule has 1 saturated heterocycles. The molecule has 1 N–H and O–H groups in total. The summed E-state index contributed by atoms with van der Waals surface area (Å²) in [4.78, 5) is 36.6. The van der Waals surface area contributed by atoms with E-state index in [0.717, 1.165) is 31.1 Å². The van der Waals surface area contributed by atoms with Crippen molar-refractivity contribution in [2.75, 3.05) is 7.05 Å². The molecule has 1 fully saturated rings. The van der Waals surface area contributed by atoms with Crippen molar-refractivity contribution < 1.29 is 14.4 Å². The fourth-order valence-corrected chi connectivity index (χ4v) is 3.18. The van der Waals surface area contributed by atoms with Crippen molar-refractivity contribution in [2.24, 2.45) is 0 Å². The van der Waals surface area contributed by atoms with Crippen molar-refractivity contribution in [2.45, 2.75) is 13.8 Å². The second-order valence-corrected chi connectivity index (χ2v) is 7.07. The third kappa shape index (κ3) is 3.11. The molecule has 0 saturated carbocycles. The van der Waals surface area contributed by atoms with Gasteiger partial charge in [-0.3, -0.25) is 19.8 Å². The van der Waals surface area contributed by atoms with Crippen LogP contribution in [-0.4, -0.2) is 34.4 Å². The Hall–Kier alpha value is -2.42. The first-order chi connectivity index (χ1) is 11.8. The van der Waals surface area contributed by atoms with Gasteiger partial charge in [0.1, 0.15) is 5.57 Å². The molecule has 7 heteroatoms. The van der Waals surface area contributed by atoms with Crippen LogP contribution in [0.2, 0.25) is 0 Å². The van der Waals surface area contributed by atoms with Crippen molar-refractivity contribution in [1.29, 1.82) is 0 Å². The monoisotopic (exact) mass is 449 g/mol. The molecule has 4 amide bonds. The lowest BCUT2D eigenvalue weighted by Gasteiger charge is -2.22. The highest BCUT2D eigenvalue weighted by atomic mass is 127. The number of barbiturate groups is 1. The molecule has 1 aromatic heterocycles. The molecular formula is C18H16IN3O3. The minimum atomic E-state index is -0.712. The van der Waals surface area contributed by atoms with Gasteiger partial charge in [-0.1, -0.05) is 0 Å². The normalized spacial score (nSPS) is 16.6. The number of aromatic nitrogens is 1. The topological polar surface area (TPSA) is 71.4 Å². The van der Waals surface area contributed by atoms with Crippen LogP contribution < -0.4 is 5.32 Å². The molecule has 2 aromatic rings. The van der Waals surface area contributed by atoms with Crippen LogP contribution in [0.5, 0.6) is 0 Å². The molecule has 0 bridgehead atoms. The molecule has 128 valence electrons. The second-order valence-electron chi connectivity index (χ2n) is 5.82. The molecule has 3 rings (SSSR count).